The quantitative estimate of drug-likeness (QED) is 0.0547. The van der Waals surface area contributed by atoms with Gasteiger partial charge in [-0.15, -0.1) is 0 Å². The fourth-order valence-electron chi connectivity index (χ4n) is 15.0. The highest BCUT2D eigenvalue weighted by Crippen LogP contribution is 2.68. The van der Waals surface area contributed by atoms with Gasteiger partial charge in [-0.2, -0.15) is 0 Å². The average molecular weight is 994 g/mol. The molecule has 10 rings (SSSR count). The third kappa shape index (κ3) is 7.34. The van der Waals surface area contributed by atoms with E-state index in [0.29, 0.717) is 88.2 Å². The van der Waals surface area contributed by atoms with Gasteiger partial charge in [-0.25, -0.2) is 0 Å². The van der Waals surface area contributed by atoms with Crippen molar-refractivity contribution in [3.8, 4) is 5.75 Å². The summed E-state index contributed by atoms with van der Waals surface area (Å²) in [6.07, 6.45) is 5.31. The Morgan fingerprint density at radius 2 is 1.66 bits per heavy atom. The number of hydrogen-bond donors (Lipinski definition) is 5. The summed E-state index contributed by atoms with van der Waals surface area (Å²) in [6, 6.07) is 20.0. The van der Waals surface area contributed by atoms with Crippen LogP contribution in [0.25, 0.3) is 10.9 Å². The Morgan fingerprint density at radius 3 is 2.35 bits per heavy atom. The van der Waals surface area contributed by atoms with Gasteiger partial charge >= 0.3 is 13.6 Å². The van der Waals surface area contributed by atoms with E-state index in [2.05, 4.69) is 32.2 Å². The SMILES string of the molecule is CCOP(=O)(OCC)[C@@H](Cc1ccccc1)NC(=O)[C@]1(O)[C@@H]2N(C)c3cc(OC)c([C@@]4(C(=O)OC)C[C@H]5CN(CCc6c4[nH]c4ccccc64)C[C@](O)(CC)C5)cc3C23CCN2CC=C[C@](CC)(C23)[C@H]1O. The van der Waals surface area contributed by atoms with Gasteiger partial charge in [0.05, 0.1) is 39.1 Å². The van der Waals surface area contributed by atoms with Crippen molar-refractivity contribution < 1.29 is 48.0 Å². The zero-order valence-electron chi connectivity index (χ0n) is 42.3. The van der Waals surface area contributed by atoms with Crippen LogP contribution in [-0.4, -0.2) is 144 Å². The summed E-state index contributed by atoms with van der Waals surface area (Å²) in [4.78, 5) is 41.8. The lowest BCUT2D eigenvalue weighted by atomic mass is 9.47. The molecule has 3 unspecified atom stereocenters. The summed E-state index contributed by atoms with van der Waals surface area (Å²) >= 11 is 0. The van der Waals surface area contributed by atoms with Crippen LogP contribution in [0.5, 0.6) is 5.75 Å². The maximum atomic E-state index is 15.8. The predicted molar refractivity (Wildman–Crippen MR) is 272 cm³/mol. The maximum Gasteiger partial charge on any atom is 0.353 e. The molecule has 6 heterocycles. The van der Waals surface area contributed by atoms with Gasteiger partial charge in [0.15, 0.2) is 5.60 Å². The van der Waals surface area contributed by atoms with Crippen LogP contribution in [0.4, 0.5) is 5.69 Å². The van der Waals surface area contributed by atoms with Crippen LogP contribution < -0.4 is 15.0 Å². The largest absolute Gasteiger partial charge is 0.496 e. The number of carbonyl (C=O) groups is 2. The van der Waals surface area contributed by atoms with E-state index in [0.717, 1.165) is 33.3 Å². The molecule has 1 amide bonds. The molecule has 2 saturated heterocycles. The van der Waals surface area contributed by atoms with Gasteiger partial charge in [-0.3, -0.25) is 24.0 Å². The highest BCUT2D eigenvalue weighted by molar-refractivity contribution is 7.54. The van der Waals surface area contributed by atoms with Gasteiger partial charge in [0.1, 0.15) is 23.1 Å². The first-order valence-electron chi connectivity index (χ1n) is 25.7. The summed E-state index contributed by atoms with van der Waals surface area (Å²) in [5, 5.41) is 43.3. The number of nitrogens with zero attached hydrogens (tertiary/aromatic N) is 3. The molecular formula is C55H72N5O10P. The number of amides is 1. The number of nitrogens with one attached hydrogen (secondary N) is 2. The first kappa shape index (κ1) is 50.0. The van der Waals surface area contributed by atoms with Crippen LogP contribution in [0.1, 0.15) is 87.7 Å². The van der Waals surface area contributed by atoms with Crippen LogP contribution in [0.2, 0.25) is 0 Å². The number of ether oxygens (including phenoxy) is 2. The van der Waals surface area contributed by atoms with Crippen molar-refractivity contribution in [1.29, 1.82) is 0 Å². The van der Waals surface area contributed by atoms with Gasteiger partial charge < -0.3 is 49.0 Å². The Hall–Kier alpha value is -4.57. The summed E-state index contributed by atoms with van der Waals surface area (Å²) in [5.74, 6) is -2.30. The van der Waals surface area contributed by atoms with Gasteiger partial charge in [0.25, 0.3) is 5.91 Å². The molecule has 0 radical (unpaired) electrons. The fourth-order valence-corrected chi connectivity index (χ4v) is 16.8. The van der Waals surface area contributed by atoms with Crippen molar-refractivity contribution in [3.05, 3.63) is 107 Å². The second-order valence-electron chi connectivity index (χ2n) is 21.2. The molecule has 4 aromatic rings. The number of aromatic nitrogens is 1. The van der Waals surface area contributed by atoms with Crippen molar-refractivity contribution in [1.82, 2.24) is 20.1 Å². The number of aliphatic hydroxyl groups is 3. The van der Waals surface area contributed by atoms with Crippen molar-refractivity contribution >= 4 is 36.1 Å². The fraction of sp³-hybridized carbons (Fsp3) is 0.564. The Bertz CT molecular complexity index is 2760. The predicted octanol–water partition coefficient (Wildman–Crippen LogP) is 6.20. The van der Waals surface area contributed by atoms with E-state index in [4.69, 9.17) is 18.5 Å². The zero-order chi connectivity index (χ0) is 50.3. The molecule has 3 fully saturated rings. The molecule has 15 nitrogen and oxygen atoms in total. The third-order valence-corrected chi connectivity index (χ3v) is 20.1. The minimum atomic E-state index is -4.08. The molecule has 11 atom stereocenters. The number of fused-ring (bicyclic) bond motifs is 6. The number of aromatic amines is 1. The van der Waals surface area contributed by atoms with Crippen LogP contribution in [0.3, 0.4) is 0 Å². The van der Waals surface area contributed by atoms with E-state index >= 15 is 9.59 Å². The van der Waals surface area contributed by atoms with Gasteiger partial charge in [0.2, 0.25) is 0 Å². The molecule has 5 N–H and O–H groups in total. The van der Waals surface area contributed by atoms with E-state index in [1.807, 2.05) is 92.5 Å². The highest BCUT2D eigenvalue weighted by atomic mass is 31.2. The number of rotatable bonds is 14. The molecule has 1 aromatic heterocycles. The van der Waals surface area contributed by atoms with Gasteiger partial charge in [-0.05, 0) is 93.7 Å². The Labute approximate surface area is 417 Å². The minimum absolute atomic E-state index is 0.0477. The maximum absolute atomic E-state index is 15.8. The second-order valence-corrected chi connectivity index (χ2v) is 23.4. The van der Waals surface area contributed by atoms with E-state index in [1.54, 1.807) is 21.0 Å². The summed E-state index contributed by atoms with van der Waals surface area (Å²) in [6.45, 7) is 10.6. The van der Waals surface area contributed by atoms with E-state index in [1.165, 1.54) is 7.11 Å². The number of hydrogen-bond acceptors (Lipinski definition) is 13. The van der Waals surface area contributed by atoms with Crippen LogP contribution in [0, 0.1) is 11.3 Å². The number of aliphatic hydroxyl groups excluding tert-OH is 1. The summed E-state index contributed by atoms with van der Waals surface area (Å²) in [5.41, 5.74) is -1.65. The number of benzene rings is 3. The highest BCUT2D eigenvalue weighted by Gasteiger charge is 2.79. The molecule has 3 aromatic carbocycles. The molecule has 71 heavy (non-hydrogen) atoms. The molecule has 1 spiro atoms. The normalized spacial score (nSPS) is 33.5. The van der Waals surface area contributed by atoms with Crippen LogP contribution in [0.15, 0.2) is 78.9 Å². The number of piperidine rings is 1. The van der Waals surface area contributed by atoms with Crippen LogP contribution in [-0.2, 0) is 51.6 Å². The number of H-pyrrole nitrogens is 1. The van der Waals surface area contributed by atoms with Gasteiger partial charge in [-0.1, -0.05) is 74.5 Å². The molecule has 6 aliphatic rings. The molecule has 1 saturated carbocycles. The molecule has 2 bridgehead atoms. The van der Waals surface area contributed by atoms with Crippen LogP contribution >= 0.6 is 7.60 Å². The van der Waals surface area contributed by atoms with E-state index < -0.39 is 70.9 Å². The number of esters is 1. The van der Waals surface area contributed by atoms with E-state index in [-0.39, 0.29) is 25.6 Å². The monoisotopic (exact) mass is 994 g/mol. The molecular weight excluding hydrogens is 922 g/mol. The number of likely N-dealkylation sites (N-methyl/N-ethyl adjacent to an activating group) is 1. The Balaban J connectivity index is 1.21. The minimum Gasteiger partial charge on any atom is -0.496 e. The topological polar surface area (TPSA) is 186 Å². The lowest BCUT2D eigenvalue weighted by Crippen LogP contribution is -2.82. The Kier molecular flexibility index (Phi) is 13.0. The number of carbonyl (C=O) groups excluding carboxylic acids is 2. The van der Waals surface area contributed by atoms with Crippen molar-refractivity contribution in [2.24, 2.45) is 11.3 Å². The smallest absolute Gasteiger partial charge is 0.353 e. The number of methoxy groups -OCH3 is 2. The summed E-state index contributed by atoms with van der Waals surface area (Å²) in [7, 11) is 0.792. The Morgan fingerprint density at radius 1 is 0.930 bits per heavy atom. The van der Waals surface area contributed by atoms with Crippen molar-refractivity contribution in [2.75, 3.05) is 72.1 Å². The first-order valence-corrected chi connectivity index (χ1v) is 27.3. The first-order chi connectivity index (χ1) is 34.1. The number of para-hydroxylation sites is 1. The average Bonchev–Trinajstić information content (AvgIpc) is 4.04. The lowest BCUT2D eigenvalue weighted by molar-refractivity contribution is -0.203. The zero-order valence-corrected chi connectivity index (χ0v) is 43.2. The summed E-state index contributed by atoms with van der Waals surface area (Å²) < 4.78 is 39.1. The molecule has 382 valence electrons. The molecule has 1 aliphatic carbocycles. The molecule has 16 heteroatoms. The van der Waals surface area contributed by atoms with Crippen molar-refractivity contribution in [3.63, 3.8) is 0 Å². The van der Waals surface area contributed by atoms with Crippen molar-refractivity contribution in [2.45, 2.75) is 119 Å². The number of anilines is 1. The third-order valence-electron chi connectivity index (χ3n) is 17.8. The standard InChI is InChI=1S/C55H72N5O10P/c1-8-51(64)31-36-32-54(50(63)68-7,45-38(22-26-59(33-36)34-51)37-20-15-16-21-41(37)56-45)40-29-39-42(30-43(40)67-6)58(5)47-53(39)24-27-60-25-17-23-52(9-2,46(53)60)48(61)55(47,65)49(62)57-44(28-35-18-13-12-14-19-35)71(66,69-10-3)70-11-4/h12-21,23,29-30,36,44,46-48,56,61,64-65H,8-11,22,24-28,31-34H2,1-7H3,(H,57,62)/t36-,44-,46?,47+,48+,51-,52+,53?,54-,55-/m0/s1. The lowest BCUT2D eigenvalue weighted by Gasteiger charge is -2.63. The second kappa shape index (κ2) is 18.4. The molecule has 5 aliphatic heterocycles. The van der Waals surface area contributed by atoms with E-state index in [9.17, 15) is 19.9 Å². The van der Waals surface area contributed by atoms with Gasteiger partial charge in [0, 0.05) is 90.4 Å².